The molecule has 0 bridgehead atoms. The normalized spacial score (nSPS) is 18.2. The van der Waals surface area contributed by atoms with E-state index in [4.69, 9.17) is 4.74 Å². The van der Waals surface area contributed by atoms with Crippen LogP contribution in [-0.4, -0.2) is 31.7 Å². The number of hydrogen-bond acceptors (Lipinski definition) is 3. The van der Waals surface area contributed by atoms with Crippen LogP contribution in [0.2, 0.25) is 0 Å². The zero-order valence-electron chi connectivity index (χ0n) is 10.8. The van der Waals surface area contributed by atoms with Crippen molar-refractivity contribution in [3.8, 4) is 0 Å². The molecule has 2 N–H and O–H groups in total. The van der Waals surface area contributed by atoms with E-state index >= 15 is 0 Å². The molecule has 20 heavy (non-hydrogen) atoms. The van der Waals surface area contributed by atoms with Crippen LogP contribution in [0.1, 0.15) is 12.0 Å². The monoisotopic (exact) mass is 306 g/mol. The summed E-state index contributed by atoms with van der Waals surface area (Å²) in [5, 5.41) is 5.79. The van der Waals surface area contributed by atoms with Crippen LogP contribution in [0, 0.1) is 11.6 Å². The third kappa shape index (κ3) is 5.03. The Bertz CT molecular complexity index is 454. The van der Waals surface area contributed by atoms with Gasteiger partial charge in [-0.15, -0.1) is 12.4 Å². The predicted octanol–water partition coefficient (Wildman–Crippen LogP) is 1.38. The smallest absolute Gasteiger partial charge is 0.222 e. The number of amides is 1. The molecule has 4 nitrogen and oxygen atoms in total. The van der Waals surface area contributed by atoms with Gasteiger partial charge in [0, 0.05) is 19.6 Å². The summed E-state index contributed by atoms with van der Waals surface area (Å²) in [5.41, 5.74) is 0.523. The SMILES string of the molecule is Cl.O=C(CC1CNCCO1)NCc1ccc(F)c(F)c1. The highest BCUT2D eigenvalue weighted by Crippen LogP contribution is 2.08. The van der Waals surface area contributed by atoms with E-state index in [1.807, 2.05) is 0 Å². The molecule has 1 heterocycles. The minimum Gasteiger partial charge on any atom is -0.375 e. The quantitative estimate of drug-likeness (QED) is 0.884. The Hall–Kier alpha value is -1.24. The fourth-order valence-electron chi connectivity index (χ4n) is 1.88. The third-order valence-corrected chi connectivity index (χ3v) is 2.89. The van der Waals surface area contributed by atoms with Crippen molar-refractivity contribution in [2.24, 2.45) is 0 Å². The number of halogens is 3. The van der Waals surface area contributed by atoms with Crippen molar-refractivity contribution in [3.63, 3.8) is 0 Å². The zero-order valence-corrected chi connectivity index (χ0v) is 11.6. The van der Waals surface area contributed by atoms with E-state index in [-0.39, 0.29) is 37.4 Å². The minimum absolute atomic E-state index is 0. The van der Waals surface area contributed by atoms with E-state index in [1.165, 1.54) is 6.07 Å². The first-order valence-corrected chi connectivity index (χ1v) is 6.18. The molecule has 1 aliphatic rings. The second-order valence-corrected chi connectivity index (χ2v) is 4.43. The Morgan fingerprint density at radius 3 is 2.85 bits per heavy atom. The summed E-state index contributed by atoms with van der Waals surface area (Å²) in [4.78, 5) is 11.6. The molecular weight excluding hydrogens is 290 g/mol. The number of carbonyl (C=O) groups is 1. The number of hydrogen-bond donors (Lipinski definition) is 2. The Morgan fingerprint density at radius 2 is 2.20 bits per heavy atom. The van der Waals surface area contributed by atoms with Gasteiger partial charge in [0.1, 0.15) is 0 Å². The lowest BCUT2D eigenvalue weighted by atomic mass is 10.2. The summed E-state index contributed by atoms with van der Waals surface area (Å²) in [6.45, 7) is 2.23. The molecule has 2 rings (SSSR count). The molecule has 1 fully saturated rings. The molecule has 1 aromatic rings. The molecule has 1 unspecified atom stereocenters. The minimum atomic E-state index is -0.911. The molecule has 0 spiro atoms. The standard InChI is InChI=1S/C13H16F2N2O2.ClH/c14-11-2-1-9(5-12(11)15)7-17-13(18)6-10-8-16-3-4-19-10;/h1-2,5,10,16H,3-4,6-8H2,(H,17,18);1H. The van der Waals surface area contributed by atoms with Gasteiger partial charge in [-0.1, -0.05) is 6.07 Å². The Morgan fingerprint density at radius 1 is 1.40 bits per heavy atom. The summed E-state index contributed by atoms with van der Waals surface area (Å²) in [6, 6.07) is 3.57. The number of morpholine rings is 1. The highest BCUT2D eigenvalue weighted by Gasteiger charge is 2.17. The van der Waals surface area contributed by atoms with Gasteiger partial charge >= 0.3 is 0 Å². The van der Waals surface area contributed by atoms with Crippen molar-refractivity contribution in [3.05, 3.63) is 35.4 Å². The Labute approximate surface area is 122 Å². The van der Waals surface area contributed by atoms with Crippen molar-refractivity contribution in [1.29, 1.82) is 0 Å². The molecular formula is C13H17ClF2N2O2. The molecule has 7 heteroatoms. The van der Waals surface area contributed by atoms with Gasteiger partial charge in [-0.25, -0.2) is 8.78 Å². The molecule has 1 amide bonds. The second kappa shape index (κ2) is 8.14. The van der Waals surface area contributed by atoms with E-state index in [9.17, 15) is 13.6 Å². The molecule has 0 saturated carbocycles. The maximum atomic E-state index is 13.0. The van der Waals surface area contributed by atoms with Gasteiger partial charge in [-0.05, 0) is 17.7 Å². The van der Waals surface area contributed by atoms with Gasteiger partial charge < -0.3 is 15.4 Å². The third-order valence-electron chi connectivity index (χ3n) is 2.89. The van der Waals surface area contributed by atoms with E-state index in [2.05, 4.69) is 10.6 Å². The number of nitrogens with one attached hydrogen (secondary N) is 2. The topological polar surface area (TPSA) is 50.4 Å². The largest absolute Gasteiger partial charge is 0.375 e. The molecule has 1 saturated heterocycles. The van der Waals surface area contributed by atoms with Crippen molar-refractivity contribution >= 4 is 18.3 Å². The lowest BCUT2D eigenvalue weighted by Crippen LogP contribution is -2.41. The Balaban J connectivity index is 0.00000200. The van der Waals surface area contributed by atoms with Crippen molar-refractivity contribution in [2.45, 2.75) is 19.1 Å². The van der Waals surface area contributed by atoms with Crippen LogP contribution >= 0.6 is 12.4 Å². The maximum absolute atomic E-state index is 13.0. The van der Waals surface area contributed by atoms with E-state index in [1.54, 1.807) is 0 Å². The van der Waals surface area contributed by atoms with Gasteiger partial charge in [-0.3, -0.25) is 4.79 Å². The van der Waals surface area contributed by atoms with Crippen molar-refractivity contribution in [1.82, 2.24) is 10.6 Å². The fraction of sp³-hybridized carbons (Fsp3) is 0.462. The van der Waals surface area contributed by atoms with Crippen LogP contribution in [0.4, 0.5) is 8.78 Å². The van der Waals surface area contributed by atoms with Gasteiger partial charge in [-0.2, -0.15) is 0 Å². The van der Waals surface area contributed by atoms with Crippen LogP contribution in [0.25, 0.3) is 0 Å². The summed E-state index contributed by atoms with van der Waals surface area (Å²) in [5.74, 6) is -1.97. The summed E-state index contributed by atoms with van der Waals surface area (Å²) < 4.78 is 31.1. The molecule has 1 aliphatic heterocycles. The van der Waals surface area contributed by atoms with Gasteiger partial charge in [0.25, 0.3) is 0 Å². The van der Waals surface area contributed by atoms with Gasteiger partial charge in [0.2, 0.25) is 5.91 Å². The van der Waals surface area contributed by atoms with Crippen LogP contribution in [0.3, 0.4) is 0 Å². The zero-order chi connectivity index (χ0) is 13.7. The van der Waals surface area contributed by atoms with E-state index in [0.717, 1.165) is 18.7 Å². The van der Waals surface area contributed by atoms with Crippen LogP contribution in [0.5, 0.6) is 0 Å². The van der Waals surface area contributed by atoms with E-state index < -0.39 is 11.6 Å². The van der Waals surface area contributed by atoms with Crippen molar-refractivity contribution in [2.75, 3.05) is 19.7 Å². The van der Waals surface area contributed by atoms with Crippen molar-refractivity contribution < 1.29 is 18.3 Å². The average Bonchev–Trinajstić information content (AvgIpc) is 2.41. The van der Waals surface area contributed by atoms with Crippen LogP contribution in [0.15, 0.2) is 18.2 Å². The number of ether oxygens (including phenoxy) is 1. The number of benzene rings is 1. The predicted molar refractivity (Wildman–Crippen MR) is 72.7 cm³/mol. The van der Waals surface area contributed by atoms with E-state index in [0.29, 0.717) is 18.7 Å². The molecule has 112 valence electrons. The number of rotatable bonds is 4. The highest BCUT2D eigenvalue weighted by molar-refractivity contribution is 5.85. The lowest BCUT2D eigenvalue weighted by molar-refractivity contribution is -0.124. The first kappa shape index (κ1) is 16.8. The summed E-state index contributed by atoms with van der Waals surface area (Å²) in [7, 11) is 0. The molecule has 0 aromatic heterocycles. The van der Waals surface area contributed by atoms with Gasteiger partial charge in [0.15, 0.2) is 11.6 Å². The maximum Gasteiger partial charge on any atom is 0.222 e. The number of carbonyl (C=O) groups excluding carboxylic acids is 1. The molecule has 0 radical (unpaired) electrons. The average molecular weight is 307 g/mol. The van der Waals surface area contributed by atoms with Crippen LogP contribution in [-0.2, 0) is 16.1 Å². The first-order chi connectivity index (χ1) is 9.15. The Kier molecular flexibility index (Phi) is 6.84. The second-order valence-electron chi connectivity index (χ2n) is 4.43. The lowest BCUT2D eigenvalue weighted by Gasteiger charge is -2.23. The summed E-state index contributed by atoms with van der Waals surface area (Å²) in [6.07, 6.45) is 0.134. The summed E-state index contributed by atoms with van der Waals surface area (Å²) >= 11 is 0. The van der Waals surface area contributed by atoms with Crippen LogP contribution < -0.4 is 10.6 Å². The highest BCUT2D eigenvalue weighted by atomic mass is 35.5. The molecule has 0 aliphatic carbocycles. The van der Waals surface area contributed by atoms with Gasteiger partial charge in [0.05, 0.1) is 19.1 Å². The molecule has 1 aromatic carbocycles. The molecule has 1 atom stereocenters. The first-order valence-electron chi connectivity index (χ1n) is 6.18. The fourth-order valence-corrected chi connectivity index (χ4v) is 1.88.